The van der Waals surface area contributed by atoms with Gasteiger partial charge in [-0.05, 0) is 5.56 Å². The van der Waals surface area contributed by atoms with Crippen LogP contribution in [0.15, 0.2) is 30.3 Å². The maximum absolute atomic E-state index is 11.5. The molecular weight excluding hydrogens is 286 g/mol. The van der Waals surface area contributed by atoms with Crippen LogP contribution < -0.4 is 4.72 Å². The van der Waals surface area contributed by atoms with Crippen LogP contribution in [0.1, 0.15) is 5.56 Å². The molecule has 0 amide bonds. The summed E-state index contributed by atoms with van der Waals surface area (Å²) in [6.07, 6.45) is 1.02. The van der Waals surface area contributed by atoms with Gasteiger partial charge in [0.25, 0.3) is 0 Å². The molecule has 106 valence electrons. The summed E-state index contributed by atoms with van der Waals surface area (Å²) in [5.41, 5.74) is 1.12. The third-order valence-corrected chi connectivity index (χ3v) is 4.06. The zero-order valence-corrected chi connectivity index (χ0v) is 12.5. The summed E-state index contributed by atoms with van der Waals surface area (Å²) in [6.45, 7) is 0. The van der Waals surface area contributed by atoms with Crippen LogP contribution in [0.2, 0.25) is 0 Å². The Hall–Kier alpha value is -1.05. The second-order valence-corrected chi connectivity index (χ2v) is 6.78. The highest BCUT2D eigenvalue weighted by molar-refractivity contribution is 7.98. The standard InChI is InChI=1S/C12H17NO4S2/c1-17-12(14)11(13-19(2,15)16)9-18-8-10-6-4-3-5-7-10/h3-7,11,13H,8-9H2,1-2H3. The molecular formula is C12H17NO4S2. The first-order chi connectivity index (χ1) is 8.92. The quantitative estimate of drug-likeness (QED) is 0.761. The van der Waals surface area contributed by atoms with Gasteiger partial charge in [0.05, 0.1) is 13.4 Å². The lowest BCUT2D eigenvalue weighted by molar-refractivity contribution is -0.141. The fourth-order valence-corrected chi connectivity index (χ4v) is 3.22. The number of methoxy groups -OCH3 is 1. The molecule has 1 atom stereocenters. The van der Waals surface area contributed by atoms with Gasteiger partial charge < -0.3 is 4.74 Å². The van der Waals surface area contributed by atoms with E-state index in [-0.39, 0.29) is 0 Å². The van der Waals surface area contributed by atoms with Gasteiger partial charge in [-0.15, -0.1) is 0 Å². The van der Waals surface area contributed by atoms with Crippen LogP contribution in [0.5, 0.6) is 0 Å². The molecule has 0 heterocycles. The topological polar surface area (TPSA) is 72.5 Å². The molecule has 5 nitrogen and oxygen atoms in total. The van der Waals surface area contributed by atoms with E-state index in [1.807, 2.05) is 30.3 Å². The highest BCUT2D eigenvalue weighted by atomic mass is 32.2. The van der Waals surface area contributed by atoms with Crippen molar-refractivity contribution < 1.29 is 17.9 Å². The van der Waals surface area contributed by atoms with E-state index in [0.717, 1.165) is 11.8 Å². The van der Waals surface area contributed by atoms with Gasteiger partial charge in [0.1, 0.15) is 6.04 Å². The van der Waals surface area contributed by atoms with Crippen molar-refractivity contribution in [2.75, 3.05) is 19.1 Å². The predicted molar refractivity (Wildman–Crippen MR) is 76.4 cm³/mol. The number of thioether (sulfide) groups is 1. The van der Waals surface area contributed by atoms with Gasteiger partial charge in [-0.3, -0.25) is 4.79 Å². The van der Waals surface area contributed by atoms with Crippen LogP contribution in [0, 0.1) is 0 Å². The van der Waals surface area contributed by atoms with Crippen LogP contribution in [-0.2, 0) is 25.3 Å². The summed E-state index contributed by atoms with van der Waals surface area (Å²) in [5.74, 6) is 0.458. The molecule has 0 aliphatic carbocycles. The van der Waals surface area contributed by atoms with E-state index in [9.17, 15) is 13.2 Å². The Labute approximate surface area is 117 Å². The van der Waals surface area contributed by atoms with Crippen LogP contribution in [-0.4, -0.2) is 39.5 Å². The van der Waals surface area contributed by atoms with E-state index < -0.39 is 22.0 Å². The Kier molecular flexibility index (Phi) is 6.33. The molecule has 0 saturated carbocycles. The zero-order chi connectivity index (χ0) is 14.3. The lowest BCUT2D eigenvalue weighted by Crippen LogP contribution is -2.42. The summed E-state index contributed by atoms with van der Waals surface area (Å²) >= 11 is 1.47. The SMILES string of the molecule is COC(=O)C(CSCc1ccccc1)NS(C)(=O)=O. The Bertz CT molecular complexity index is 502. The molecule has 0 radical (unpaired) electrons. The number of sulfonamides is 1. The molecule has 0 aromatic heterocycles. The highest BCUT2D eigenvalue weighted by Crippen LogP contribution is 2.13. The molecule has 1 unspecified atom stereocenters. The third kappa shape index (κ3) is 6.60. The molecule has 0 saturated heterocycles. The van der Waals surface area contributed by atoms with Crippen LogP contribution in [0.4, 0.5) is 0 Å². The minimum Gasteiger partial charge on any atom is -0.468 e. The lowest BCUT2D eigenvalue weighted by Gasteiger charge is -2.14. The molecule has 0 bridgehead atoms. The molecule has 0 aliphatic heterocycles. The number of ether oxygens (including phenoxy) is 1. The van der Waals surface area contributed by atoms with E-state index in [1.165, 1.54) is 18.9 Å². The molecule has 0 aliphatic rings. The van der Waals surface area contributed by atoms with E-state index in [0.29, 0.717) is 11.5 Å². The van der Waals surface area contributed by atoms with Crippen molar-refractivity contribution in [3.05, 3.63) is 35.9 Å². The zero-order valence-electron chi connectivity index (χ0n) is 10.8. The number of nitrogens with one attached hydrogen (secondary N) is 1. The fraction of sp³-hybridized carbons (Fsp3) is 0.417. The number of esters is 1. The molecule has 1 aromatic rings. The van der Waals surface area contributed by atoms with Crippen molar-refractivity contribution in [1.82, 2.24) is 4.72 Å². The minimum absolute atomic E-state index is 0.328. The lowest BCUT2D eigenvalue weighted by atomic mass is 10.2. The normalized spacial score (nSPS) is 12.9. The van der Waals surface area contributed by atoms with Crippen LogP contribution in [0.25, 0.3) is 0 Å². The van der Waals surface area contributed by atoms with Crippen molar-refractivity contribution in [3.63, 3.8) is 0 Å². The molecule has 0 spiro atoms. The van der Waals surface area contributed by atoms with Gasteiger partial charge in [-0.25, -0.2) is 13.1 Å². The summed E-state index contributed by atoms with van der Waals surface area (Å²) < 4.78 is 29.2. The third-order valence-electron chi connectivity index (χ3n) is 2.24. The Morgan fingerprint density at radius 3 is 2.53 bits per heavy atom. The average molecular weight is 303 g/mol. The fourth-order valence-electron chi connectivity index (χ4n) is 1.42. The Morgan fingerprint density at radius 1 is 1.37 bits per heavy atom. The first kappa shape index (κ1) is 16.0. The summed E-state index contributed by atoms with van der Waals surface area (Å²) in [7, 11) is -2.20. The van der Waals surface area contributed by atoms with Crippen molar-refractivity contribution in [2.24, 2.45) is 0 Å². The predicted octanol–water partition coefficient (Wildman–Crippen LogP) is 1.01. The number of hydrogen-bond donors (Lipinski definition) is 1. The molecule has 7 heteroatoms. The Balaban J connectivity index is 2.52. The van der Waals surface area contributed by atoms with E-state index in [4.69, 9.17) is 0 Å². The van der Waals surface area contributed by atoms with Gasteiger partial charge in [0.15, 0.2) is 0 Å². The van der Waals surface area contributed by atoms with Gasteiger partial charge >= 0.3 is 5.97 Å². The number of carbonyl (C=O) groups is 1. The highest BCUT2D eigenvalue weighted by Gasteiger charge is 2.22. The van der Waals surface area contributed by atoms with E-state index in [2.05, 4.69) is 9.46 Å². The van der Waals surface area contributed by atoms with Crippen LogP contribution in [0.3, 0.4) is 0 Å². The number of benzene rings is 1. The molecule has 0 fully saturated rings. The summed E-state index contributed by atoms with van der Waals surface area (Å²) in [6, 6.07) is 8.89. The van der Waals surface area contributed by atoms with E-state index >= 15 is 0 Å². The first-order valence-corrected chi connectivity index (χ1v) is 8.64. The van der Waals surface area contributed by atoms with E-state index in [1.54, 1.807) is 0 Å². The number of carbonyl (C=O) groups excluding carboxylic acids is 1. The van der Waals surface area contributed by atoms with Gasteiger partial charge in [0.2, 0.25) is 10.0 Å². The van der Waals surface area contributed by atoms with Crippen molar-refractivity contribution in [3.8, 4) is 0 Å². The minimum atomic E-state index is -3.44. The Morgan fingerprint density at radius 2 is 2.00 bits per heavy atom. The van der Waals surface area contributed by atoms with Gasteiger partial charge in [0, 0.05) is 11.5 Å². The smallest absolute Gasteiger partial charge is 0.324 e. The maximum Gasteiger partial charge on any atom is 0.324 e. The molecule has 1 N–H and O–H groups in total. The molecule has 1 rings (SSSR count). The monoisotopic (exact) mass is 303 g/mol. The molecule has 1 aromatic carbocycles. The molecule has 19 heavy (non-hydrogen) atoms. The number of rotatable bonds is 7. The van der Waals surface area contributed by atoms with Crippen LogP contribution >= 0.6 is 11.8 Å². The second kappa shape index (κ2) is 7.52. The summed E-state index contributed by atoms with van der Waals surface area (Å²) in [5, 5.41) is 0. The van der Waals surface area contributed by atoms with Crippen molar-refractivity contribution in [2.45, 2.75) is 11.8 Å². The first-order valence-electron chi connectivity index (χ1n) is 5.59. The second-order valence-electron chi connectivity index (χ2n) is 3.97. The van der Waals surface area contributed by atoms with Crippen molar-refractivity contribution >= 4 is 27.8 Å². The maximum atomic E-state index is 11.5. The van der Waals surface area contributed by atoms with Gasteiger partial charge in [-0.1, -0.05) is 30.3 Å². The average Bonchev–Trinajstić information content (AvgIpc) is 2.36. The summed E-state index contributed by atoms with van der Waals surface area (Å²) in [4.78, 5) is 11.5. The van der Waals surface area contributed by atoms with Crippen molar-refractivity contribution in [1.29, 1.82) is 0 Å². The largest absolute Gasteiger partial charge is 0.468 e. The number of hydrogen-bond acceptors (Lipinski definition) is 5. The van der Waals surface area contributed by atoms with Gasteiger partial charge in [-0.2, -0.15) is 11.8 Å².